The second-order valence-electron chi connectivity index (χ2n) is 7.39. The lowest BCUT2D eigenvalue weighted by atomic mass is 9.81. The van der Waals surface area contributed by atoms with Crippen LogP contribution in [0.5, 0.6) is 0 Å². The Morgan fingerprint density at radius 2 is 1.46 bits per heavy atom. The molecule has 1 atom stereocenters. The van der Waals surface area contributed by atoms with Gasteiger partial charge in [-0.05, 0) is 11.1 Å². The molecule has 0 fully saturated rings. The van der Waals surface area contributed by atoms with Crippen LogP contribution in [0.3, 0.4) is 0 Å². The van der Waals surface area contributed by atoms with Gasteiger partial charge < -0.3 is 4.74 Å². The van der Waals surface area contributed by atoms with Gasteiger partial charge in [-0.3, -0.25) is 19.7 Å². The second-order valence-corrected chi connectivity index (χ2v) is 7.39. The molecule has 0 aliphatic carbocycles. The Hall–Kier alpha value is -3.02. The lowest BCUT2D eigenvalue weighted by Crippen LogP contribution is -2.39. The number of benzene rings is 2. The SMILES string of the molecule is COC(=O)C(CC(C)(C)[N+](=O)[O-])C(=O)CC(c1ccccc1)c1ccccc1. The first-order valence-corrected chi connectivity index (χ1v) is 9.11. The molecule has 6 nitrogen and oxygen atoms in total. The summed E-state index contributed by atoms with van der Waals surface area (Å²) in [6, 6.07) is 19.1. The number of hydrogen-bond donors (Lipinski definition) is 0. The Labute approximate surface area is 164 Å². The molecule has 2 aromatic rings. The summed E-state index contributed by atoms with van der Waals surface area (Å²) in [6.45, 7) is 2.81. The van der Waals surface area contributed by atoms with Gasteiger partial charge in [0.15, 0.2) is 0 Å². The highest BCUT2D eigenvalue weighted by Crippen LogP contribution is 2.31. The molecule has 0 saturated carbocycles. The quantitative estimate of drug-likeness (QED) is 0.283. The van der Waals surface area contributed by atoms with E-state index in [0.717, 1.165) is 11.1 Å². The fourth-order valence-corrected chi connectivity index (χ4v) is 3.19. The third-order valence-corrected chi connectivity index (χ3v) is 4.88. The zero-order chi connectivity index (χ0) is 20.7. The van der Waals surface area contributed by atoms with Crippen molar-refractivity contribution >= 4 is 11.8 Å². The number of ether oxygens (including phenoxy) is 1. The summed E-state index contributed by atoms with van der Waals surface area (Å²) < 4.78 is 4.77. The van der Waals surface area contributed by atoms with Gasteiger partial charge in [0.05, 0.1) is 7.11 Å². The molecule has 148 valence electrons. The first-order valence-electron chi connectivity index (χ1n) is 9.11. The molecule has 0 aliphatic rings. The van der Waals surface area contributed by atoms with E-state index in [-0.39, 0.29) is 24.5 Å². The van der Waals surface area contributed by atoms with Gasteiger partial charge in [-0.1, -0.05) is 60.7 Å². The van der Waals surface area contributed by atoms with Crippen molar-refractivity contribution in [2.75, 3.05) is 7.11 Å². The molecule has 0 aliphatic heterocycles. The van der Waals surface area contributed by atoms with Gasteiger partial charge in [0.1, 0.15) is 11.7 Å². The molecule has 0 radical (unpaired) electrons. The van der Waals surface area contributed by atoms with Crippen molar-refractivity contribution in [3.8, 4) is 0 Å². The molecular weight excluding hydrogens is 358 g/mol. The number of Topliss-reactive ketones (excluding diaryl/α,β-unsaturated/α-hetero) is 1. The van der Waals surface area contributed by atoms with E-state index in [9.17, 15) is 19.7 Å². The van der Waals surface area contributed by atoms with Gasteiger partial charge in [0.25, 0.3) is 0 Å². The van der Waals surface area contributed by atoms with E-state index in [1.807, 2.05) is 60.7 Å². The van der Waals surface area contributed by atoms with Gasteiger partial charge >= 0.3 is 5.97 Å². The lowest BCUT2D eigenvalue weighted by Gasteiger charge is -2.23. The number of carbonyl (C=O) groups is 2. The molecule has 0 N–H and O–H groups in total. The average molecular weight is 383 g/mol. The summed E-state index contributed by atoms with van der Waals surface area (Å²) in [4.78, 5) is 36.1. The van der Waals surface area contributed by atoms with E-state index in [1.54, 1.807) is 0 Å². The predicted octanol–water partition coefficient (Wildman–Crippen LogP) is 4.01. The van der Waals surface area contributed by atoms with Crippen LogP contribution in [0.15, 0.2) is 60.7 Å². The highest BCUT2D eigenvalue weighted by molar-refractivity contribution is 5.99. The number of rotatable bonds is 9. The van der Waals surface area contributed by atoms with Crippen LogP contribution in [-0.4, -0.2) is 29.3 Å². The van der Waals surface area contributed by atoms with Gasteiger partial charge in [0.2, 0.25) is 5.54 Å². The maximum Gasteiger partial charge on any atom is 0.316 e. The molecule has 2 aromatic carbocycles. The Morgan fingerprint density at radius 1 is 1.00 bits per heavy atom. The average Bonchev–Trinajstić information content (AvgIpc) is 2.70. The van der Waals surface area contributed by atoms with E-state index < -0.39 is 22.3 Å². The summed E-state index contributed by atoms with van der Waals surface area (Å²) >= 11 is 0. The number of nitro groups is 1. The molecule has 2 rings (SSSR count). The molecule has 0 heterocycles. The normalized spacial score (nSPS) is 12.4. The summed E-state index contributed by atoms with van der Waals surface area (Å²) in [6.07, 6.45) is -0.149. The second kappa shape index (κ2) is 9.26. The smallest absolute Gasteiger partial charge is 0.316 e. The predicted molar refractivity (Wildman–Crippen MR) is 106 cm³/mol. The fraction of sp³-hybridized carbons (Fsp3) is 0.364. The minimum absolute atomic E-state index is 0.0571. The first-order chi connectivity index (χ1) is 13.3. The van der Waals surface area contributed by atoms with Crippen molar-refractivity contribution in [1.82, 2.24) is 0 Å². The van der Waals surface area contributed by atoms with E-state index >= 15 is 0 Å². The van der Waals surface area contributed by atoms with Gasteiger partial charge in [-0.15, -0.1) is 0 Å². The van der Waals surface area contributed by atoms with Crippen LogP contribution in [-0.2, 0) is 14.3 Å². The topological polar surface area (TPSA) is 86.5 Å². The molecule has 0 spiro atoms. The van der Waals surface area contributed by atoms with E-state index in [1.165, 1.54) is 21.0 Å². The summed E-state index contributed by atoms with van der Waals surface area (Å²) in [5.41, 5.74) is 0.474. The van der Waals surface area contributed by atoms with Crippen molar-refractivity contribution in [2.24, 2.45) is 5.92 Å². The highest BCUT2D eigenvalue weighted by Gasteiger charge is 2.41. The highest BCUT2D eigenvalue weighted by atomic mass is 16.6. The number of hydrogen-bond acceptors (Lipinski definition) is 5. The van der Waals surface area contributed by atoms with E-state index in [4.69, 9.17) is 4.74 Å². The number of methoxy groups -OCH3 is 1. The zero-order valence-corrected chi connectivity index (χ0v) is 16.3. The molecule has 6 heteroatoms. The monoisotopic (exact) mass is 383 g/mol. The summed E-state index contributed by atoms with van der Waals surface area (Å²) in [7, 11) is 1.19. The lowest BCUT2D eigenvalue weighted by molar-refractivity contribution is -0.562. The van der Waals surface area contributed by atoms with Crippen LogP contribution in [0.2, 0.25) is 0 Å². The van der Waals surface area contributed by atoms with Crippen molar-refractivity contribution in [2.45, 2.75) is 38.1 Å². The minimum Gasteiger partial charge on any atom is -0.468 e. The van der Waals surface area contributed by atoms with Crippen molar-refractivity contribution in [3.05, 3.63) is 81.9 Å². The summed E-state index contributed by atoms with van der Waals surface area (Å²) in [5.74, 6) is -2.53. The van der Waals surface area contributed by atoms with Gasteiger partial charge in [0, 0.05) is 37.5 Å². The Morgan fingerprint density at radius 3 is 1.86 bits per heavy atom. The Balaban J connectivity index is 2.34. The third kappa shape index (κ3) is 5.25. The van der Waals surface area contributed by atoms with Gasteiger partial charge in [-0.25, -0.2) is 0 Å². The van der Waals surface area contributed by atoms with Crippen LogP contribution in [0, 0.1) is 16.0 Å². The largest absolute Gasteiger partial charge is 0.468 e. The molecule has 0 saturated heterocycles. The minimum atomic E-state index is -1.41. The third-order valence-electron chi connectivity index (χ3n) is 4.88. The van der Waals surface area contributed by atoms with Crippen molar-refractivity contribution in [3.63, 3.8) is 0 Å². The van der Waals surface area contributed by atoms with Crippen LogP contribution < -0.4 is 0 Å². The standard InChI is InChI=1S/C22H25NO5/c1-22(2,23(26)27)15-19(21(25)28-3)20(24)14-18(16-10-6-4-7-11-16)17-12-8-5-9-13-17/h4-13,18-19H,14-15H2,1-3H3. The molecule has 28 heavy (non-hydrogen) atoms. The number of esters is 1. The number of carbonyl (C=O) groups excluding carboxylic acids is 2. The van der Waals surface area contributed by atoms with Crippen LogP contribution in [0.1, 0.15) is 43.7 Å². The number of ketones is 1. The first kappa shape index (κ1) is 21.3. The summed E-state index contributed by atoms with van der Waals surface area (Å²) in [5, 5.41) is 11.3. The molecule has 0 aromatic heterocycles. The van der Waals surface area contributed by atoms with Crippen LogP contribution in [0.4, 0.5) is 0 Å². The van der Waals surface area contributed by atoms with Crippen LogP contribution in [0.25, 0.3) is 0 Å². The zero-order valence-electron chi connectivity index (χ0n) is 16.3. The van der Waals surface area contributed by atoms with Crippen LogP contribution >= 0.6 is 0 Å². The fourth-order valence-electron chi connectivity index (χ4n) is 3.19. The Bertz CT molecular complexity index is 778. The number of nitrogens with zero attached hydrogens (tertiary/aromatic N) is 1. The molecule has 0 amide bonds. The molecule has 0 bridgehead atoms. The van der Waals surface area contributed by atoms with Gasteiger partial charge in [-0.2, -0.15) is 0 Å². The maximum atomic E-state index is 13.1. The van der Waals surface area contributed by atoms with E-state index in [0.29, 0.717) is 0 Å². The van der Waals surface area contributed by atoms with Crippen molar-refractivity contribution in [1.29, 1.82) is 0 Å². The maximum absolute atomic E-state index is 13.1. The Kier molecular flexibility index (Phi) is 7.04. The van der Waals surface area contributed by atoms with Crippen molar-refractivity contribution < 1.29 is 19.2 Å². The molecule has 1 unspecified atom stereocenters. The molecular formula is C22H25NO5. The van der Waals surface area contributed by atoms with E-state index in [2.05, 4.69) is 0 Å².